The highest BCUT2D eigenvalue weighted by Crippen LogP contribution is 2.63. The summed E-state index contributed by atoms with van der Waals surface area (Å²) in [5.74, 6) is 2.01. The van der Waals surface area contributed by atoms with Crippen LogP contribution in [0.1, 0.15) is 43.6 Å². The van der Waals surface area contributed by atoms with Crippen LogP contribution < -0.4 is 9.47 Å². The summed E-state index contributed by atoms with van der Waals surface area (Å²) < 4.78 is 19.1. The van der Waals surface area contributed by atoms with Crippen molar-refractivity contribution in [3.63, 3.8) is 0 Å². The molecule has 1 atom stereocenters. The van der Waals surface area contributed by atoms with Gasteiger partial charge in [0.1, 0.15) is 22.9 Å². The number of para-hydroxylation sites is 2. The molecule has 0 fully saturated rings. The molecule has 0 saturated heterocycles. The third kappa shape index (κ3) is 2.31. The lowest BCUT2D eigenvalue weighted by Crippen LogP contribution is -2.61. The van der Waals surface area contributed by atoms with Crippen LogP contribution in [0, 0.1) is 0 Å². The topological polar surface area (TPSA) is 44.8 Å². The van der Waals surface area contributed by atoms with E-state index in [1.54, 1.807) is 16.9 Å². The second kappa shape index (κ2) is 5.74. The van der Waals surface area contributed by atoms with E-state index in [1.807, 2.05) is 70.2 Å². The number of Topliss-reactive ketones (excluding diaryl/α,β-unsaturated/α-hetero) is 1. The van der Waals surface area contributed by atoms with Crippen LogP contribution in [0.4, 0.5) is 0 Å². The molecule has 5 rings (SSSR count). The molecule has 2 aromatic rings. The van der Waals surface area contributed by atoms with E-state index < -0.39 is 16.1 Å². The zero-order valence-electron chi connectivity index (χ0n) is 16.1. The molecule has 4 nitrogen and oxygen atoms in total. The molecule has 0 saturated carbocycles. The minimum Gasteiger partial charge on any atom is -0.482 e. The number of rotatable bonds is 0. The predicted molar refractivity (Wildman–Crippen MR) is 113 cm³/mol. The van der Waals surface area contributed by atoms with E-state index in [1.165, 1.54) is 10.8 Å². The van der Waals surface area contributed by atoms with Gasteiger partial charge in [-0.2, -0.15) is 0 Å². The Morgan fingerprint density at radius 2 is 1.39 bits per heavy atom. The van der Waals surface area contributed by atoms with Crippen molar-refractivity contribution in [1.82, 2.24) is 0 Å². The van der Waals surface area contributed by atoms with Gasteiger partial charge in [-0.05, 0) is 73.5 Å². The van der Waals surface area contributed by atoms with Gasteiger partial charge in [0, 0.05) is 0 Å². The summed E-state index contributed by atoms with van der Waals surface area (Å²) in [6, 6.07) is 15.2. The molecule has 28 heavy (non-hydrogen) atoms. The van der Waals surface area contributed by atoms with Crippen molar-refractivity contribution < 1.29 is 19.0 Å². The molecule has 1 spiro atoms. The monoisotopic (exact) mass is 412 g/mol. The van der Waals surface area contributed by atoms with Gasteiger partial charge in [0.05, 0.1) is 16.0 Å². The lowest BCUT2D eigenvalue weighted by molar-refractivity contribution is -0.0448. The van der Waals surface area contributed by atoms with Gasteiger partial charge in [0.15, 0.2) is 5.60 Å². The molecule has 0 radical (unpaired) electrons. The molecule has 144 valence electrons. The second-order valence-corrected chi connectivity index (χ2v) is 10.4. The van der Waals surface area contributed by atoms with Gasteiger partial charge in [-0.15, -0.1) is 0 Å². The first-order valence-corrected chi connectivity index (χ1v) is 11.3. The first-order valence-electron chi connectivity index (χ1n) is 9.16. The van der Waals surface area contributed by atoms with Gasteiger partial charge in [-0.1, -0.05) is 24.3 Å². The zero-order chi connectivity index (χ0) is 19.7. The summed E-state index contributed by atoms with van der Waals surface area (Å²) in [4.78, 5) is 13.5. The van der Waals surface area contributed by atoms with Gasteiger partial charge in [0.25, 0.3) is 4.93 Å². The van der Waals surface area contributed by atoms with Crippen LogP contribution >= 0.6 is 21.6 Å². The lowest BCUT2D eigenvalue weighted by atomic mass is 9.88. The average Bonchev–Trinajstić information content (AvgIpc) is 2.66. The second-order valence-electron chi connectivity index (χ2n) is 8.09. The summed E-state index contributed by atoms with van der Waals surface area (Å²) in [6.45, 7) is 7.87. The van der Waals surface area contributed by atoms with Crippen LogP contribution in [0.2, 0.25) is 0 Å². The molecule has 3 heterocycles. The Balaban J connectivity index is 1.69. The summed E-state index contributed by atoms with van der Waals surface area (Å²) >= 11 is 0. The fraction of sp³-hybridized carbons (Fsp3) is 0.318. The minimum atomic E-state index is -1.19. The summed E-state index contributed by atoms with van der Waals surface area (Å²) in [6.07, 6.45) is 0. The Hall–Kier alpha value is -2.05. The molecule has 3 aliphatic heterocycles. The largest absolute Gasteiger partial charge is 0.482 e. The standard InChI is InChI=1S/C22H20O4S2/c1-20(2)19-17(13-9-5-7-11-15(13)24-20)26-22(28-27-19)18(23)14-10-6-8-12-16(14)25-21(22,3)4/h5-12H,1-4H3/t22-/m0/s1. The minimum absolute atomic E-state index is 0.0646. The van der Waals surface area contributed by atoms with E-state index in [4.69, 9.17) is 14.2 Å². The van der Waals surface area contributed by atoms with Crippen LogP contribution in [0.25, 0.3) is 5.76 Å². The Morgan fingerprint density at radius 1 is 0.786 bits per heavy atom. The molecule has 6 heteroatoms. The van der Waals surface area contributed by atoms with E-state index in [9.17, 15) is 4.79 Å². The smallest absolute Gasteiger partial charge is 0.265 e. The SMILES string of the molecule is CC1(C)Oc2ccccc2C2=C1SS[C@@]1(O2)C(=O)c2ccccc2OC1(C)C. The number of carbonyl (C=O) groups is 1. The Kier molecular flexibility index (Phi) is 3.69. The predicted octanol–water partition coefficient (Wildman–Crippen LogP) is 5.69. The Labute approximate surface area is 172 Å². The maximum Gasteiger partial charge on any atom is 0.265 e. The van der Waals surface area contributed by atoms with E-state index in [2.05, 4.69) is 0 Å². The van der Waals surface area contributed by atoms with E-state index in [0.29, 0.717) is 17.1 Å². The third-order valence-corrected chi connectivity index (χ3v) is 8.70. The highest BCUT2D eigenvalue weighted by Gasteiger charge is 2.63. The van der Waals surface area contributed by atoms with Gasteiger partial charge >= 0.3 is 0 Å². The third-order valence-electron chi connectivity index (χ3n) is 5.33. The van der Waals surface area contributed by atoms with Crippen LogP contribution in [-0.4, -0.2) is 21.9 Å². The van der Waals surface area contributed by atoms with Crippen molar-refractivity contribution in [3.05, 3.63) is 64.6 Å². The number of hydrogen-bond donors (Lipinski definition) is 0. The first kappa shape index (κ1) is 18.0. The van der Waals surface area contributed by atoms with Crippen LogP contribution in [0.15, 0.2) is 53.4 Å². The number of fused-ring (bicyclic) bond motifs is 3. The number of benzene rings is 2. The van der Waals surface area contributed by atoms with Crippen LogP contribution in [-0.2, 0) is 4.74 Å². The molecule has 0 N–H and O–H groups in total. The van der Waals surface area contributed by atoms with Crippen molar-refractivity contribution in [1.29, 1.82) is 0 Å². The van der Waals surface area contributed by atoms with Gasteiger partial charge < -0.3 is 14.2 Å². The lowest BCUT2D eigenvalue weighted by Gasteiger charge is -2.51. The van der Waals surface area contributed by atoms with Gasteiger partial charge in [-0.3, -0.25) is 4.79 Å². The summed E-state index contributed by atoms with van der Waals surface area (Å²) in [5.41, 5.74) is 0.0281. The van der Waals surface area contributed by atoms with Crippen LogP contribution in [0.5, 0.6) is 11.5 Å². The maximum absolute atomic E-state index is 13.7. The summed E-state index contributed by atoms with van der Waals surface area (Å²) in [5, 5.41) is 0. The summed E-state index contributed by atoms with van der Waals surface area (Å²) in [7, 11) is 2.96. The first-order chi connectivity index (χ1) is 13.3. The molecule has 0 bridgehead atoms. The Morgan fingerprint density at radius 3 is 2.11 bits per heavy atom. The van der Waals surface area contributed by atoms with E-state index >= 15 is 0 Å². The Bertz CT molecular complexity index is 1040. The molecule has 0 aromatic heterocycles. The molecule has 0 amide bonds. The van der Waals surface area contributed by atoms with E-state index in [-0.39, 0.29) is 5.78 Å². The highest BCUT2D eigenvalue weighted by molar-refractivity contribution is 8.79. The number of hydrogen-bond acceptors (Lipinski definition) is 6. The number of carbonyl (C=O) groups excluding carboxylic acids is 1. The molecular formula is C22H20O4S2. The number of ether oxygens (including phenoxy) is 3. The van der Waals surface area contributed by atoms with Crippen molar-refractivity contribution in [2.45, 2.75) is 43.8 Å². The number of ketones is 1. The van der Waals surface area contributed by atoms with Crippen molar-refractivity contribution in [2.24, 2.45) is 0 Å². The molecule has 0 aliphatic carbocycles. The normalized spacial score (nSPS) is 26.4. The molecule has 3 aliphatic rings. The average molecular weight is 413 g/mol. The fourth-order valence-electron chi connectivity index (χ4n) is 3.80. The van der Waals surface area contributed by atoms with Crippen molar-refractivity contribution in [2.75, 3.05) is 0 Å². The highest BCUT2D eigenvalue weighted by atomic mass is 33.1. The molecule has 2 aromatic carbocycles. The van der Waals surface area contributed by atoms with Crippen molar-refractivity contribution in [3.8, 4) is 11.5 Å². The molecule has 0 unspecified atom stereocenters. The van der Waals surface area contributed by atoms with Crippen molar-refractivity contribution >= 4 is 33.1 Å². The van der Waals surface area contributed by atoms with Gasteiger partial charge in [-0.25, -0.2) is 0 Å². The maximum atomic E-state index is 13.7. The zero-order valence-corrected chi connectivity index (χ0v) is 17.7. The van der Waals surface area contributed by atoms with E-state index in [0.717, 1.165) is 16.2 Å². The van der Waals surface area contributed by atoms with Crippen LogP contribution in [0.3, 0.4) is 0 Å². The fourth-order valence-corrected chi connectivity index (χ4v) is 7.38. The van der Waals surface area contributed by atoms with Gasteiger partial charge in [0.2, 0.25) is 5.78 Å². The molecular weight excluding hydrogens is 392 g/mol. The quantitative estimate of drug-likeness (QED) is 0.518.